The molecule has 4 aromatic heterocycles. The van der Waals surface area contributed by atoms with Gasteiger partial charge in [-0.2, -0.15) is 0 Å². The van der Waals surface area contributed by atoms with Gasteiger partial charge >= 0.3 is 5.97 Å². The van der Waals surface area contributed by atoms with Crippen LogP contribution in [0.3, 0.4) is 0 Å². The zero-order valence-electron chi connectivity index (χ0n) is 19.5. The lowest BCUT2D eigenvalue weighted by Gasteiger charge is -2.12. The number of carboxylic acids is 1. The molecule has 0 amide bonds. The van der Waals surface area contributed by atoms with Crippen LogP contribution in [-0.2, 0) is 6.54 Å². The van der Waals surface area contributed by atoms with Crippen LogP contribution in [0.4, 0.5) is 8.78 Å². The van der Waals surface area contributed by atoms with Gasteiger partial charge in [0.1, 0.15) is 22.2 Å². The molecule has 0 saturated carbocycles. The number of carboxylic acid groups (broad SMARTS) is 1. The summed E-state index contributed by atoms with van der Waals surface area (Å²) < 4.78 is 41.3. The second-order valence-corrected chi connectivity index (χ2v) is 8.92. The number of aromatic carboxylic acids is 1. The van der Waals surface area contributed by atoms with Gasteiger partial charge in [0.2, 0.25) is 0 Å². The number of hydrogen-bond donors (Lipinski definition) is 2. The third-order valence-corrected chi connectivity index (χ3v) is 6.78. The average Bonchev–Trinajstić information content (AvgIpc) is 3.49. The van der Waals surface area contributed by atoms with E-state index < -0.39 is 23.2 Å². The molecule has 0 bridgehead atoms. The van der Waals surface area contributed by atoms with Crippen molar-refractivity contribution in [3.63, 3.8) is 0 Å². The molecule has 0 spiro atoms. The lowest BCUT2D eigenvalue weighted by molar-refractivity contribution is 0.0687. The van der Waals surface area contributed by atoms with E-state index in [1.54, 1.807) is 12.1 Å². The summed E-state index contributed by atoms with van der Waals surface area (Å²) in [5, 5.41) is 11.2. The maximum Gasteiger partial charge on any atom is 0.353 e. The fourth-order valence-electron chi connectivity index (χ4n) is 4.81. The Morgan fingerprint density at radius 3 is 2.76 bits per heavy atom. The number of carbonyl (C=O) groups is 1. The van der Waals surface area contributed by atoms with E-state index in [1.807, 2.05) is 0 Å². The molecule has 0 aliphatic rings. The predicted octanol–water partition coefficient (Wildman–Crippen LogP) is 5.98. The third kappa shape index (κ3) is 3.52. The molecule has 0 unspecified atom stereocenters. The van der Waals surface area contributed by atoms with E-state index in [1.165, 1.54) is 54.5 Å². The molecule has 0 aliphatic carbocycles. The summed E-state index contributed by atoms with van der Waals surface area (Å²) >= 11 is 6.45. The Morgan fingerprint density at radius 1 is 1.21 bits per heavy atom. The molecule has 0 fully saturated rings. The Bertz CT molecular complexity index is 1990. The van der Waals surface area contributed by atoms with E-state index >= 15 is 4.39 Å². The van der Waals surface area contributed by atoms with Crippen molar-refractivity contribution in [2.75, 3.05) is 7.11 Å². The summed E-state index contributed by atoms with van der Waals surface area (Å²) in [5.74, 6) is -2.60. The summed E-state index contributed by atoms with van der Waals surface area (Å²) in [4.78, 5) is 32.3. The summed E-state index contributed by atoms with van der Waals surface area (Å²) in [6, 6.07) is 9.92. The largest absolute Gasteiger partial charge is 0.494 e. The Hall–Kier alpha value is -4.70. The van der Waals surface area contributed by atoms with Crippen molar-refractivity contribution in [3.05, 3.63) is 93.3 Å². The quantitative estimate of drug-likeness (QED) is 0.263. The molecule has 6 rings (SSSR count). The fraction of sp³-hybridized carbons (Fsp3) is 0.0741. The molecule has 0 aliphatic heterocycles. The Kier molecular flexibility index (Phi) is 5.42. The van der Waals surface area contributed by atoms with Gasteiger partial charge in [-0.05, 0) is 36.4 Å². The molecule has 38 heavy (non-hydrogen) atoms. The molecule has 2 N–H and O–H groups in total. The van der Waals surface area contributed by atoms with Crippen LogP contribution >= 0.6 is 11.6 Å². The van der Waals surface area contributed by atoms with Crippen molar-refractivity contribution in [1.29, 1.82) is 0 Å². The maximum atomic E-state index is 15.1. The number of pyridine rings is 2. The van der Waals surface area contributed by atoms with Crippen molar-refractivity contribution < 1.29 is 27.8 Å². The number of methoxy groups -OCH3 is 1. The van der Waals surface area contributed by atoms with Gasteiger partial charge in [-0.25, -0.2) is 18.6 Å². The Labute approximate surface area is 216 Å². The highest BCUT2D eigenvalue weighted by atomic mass is 35.5. The maximum absolute atomic E-state index is 15.1. The number of halogens is 3. The summed E-state index contributed by atoms with van der Waals surface area (Å²) in [6.07, 6.45) is 2.71. The molecule has 0 radical (unpaired) electrons. The number of furan rings is 1. The zero-order valence-corrected chi connectivity index (χ0v) is 20.3. The second kappa shape index (κ2) is 8.70. The van der Waals surface area contributed by atoms with Crippen LogP contribution in [-0.4, -0.2) is 32.7 Å². The summed E-state index contributed by atoms with van der Waals surface area (Å²) in [5.41, 5.74) is 0.263. The Balaban J connectivity index is 1.69. The second-order valence-electron chi connectivity index (χ2n) is 8.56. The number of benzene rings is 2. The highest BCUT2D eigenvalue weighted by Gasteiger charge is 2.29. The van der Waals surface area contributed by atoms with Crippen LogP contribution in [0.1, 0.15) is 16.1 Å². The minimum absolute atomic E-state index is 0.00101. The molecular weight excluding hydrogens is 520 g/mol. The molecule has 0 atom stereocenters. The monoisotopic (exact) mass is 535 g/mol. The van der Waals surface area contributed by atoms with Gasteiger partial charge in [-0.3, -0.25) is 4.79 Å². The average molecular weight is 536 g/mol. The van der Waals surface area contributed by atoms with E-state index in [-0.39, 0.29) is 61.7 Å². The van der Waals surface area contributed by atoms with Gasteiger partial charge in [0.25, 0.3) is 5.56 Å². The number of hydrogen-bond acceptors (Lipinski definition) is 5. The number of fused-ring (bicyclic) bond motifs is 4. The summed E-state index contributed by atoms with van der Waals surface area (Å²) in [6.45, 7) is -0.157. The van der Waals surface area contributed by atoms with Crippen molar-refractivity contribution in [2.45, 2.75) is 6.54 Å². The van der Waals surface area contributed by atoms with E-state index in [0.717, 1.165) is 0 Å². The molecule has 2 aromatic carbocycles. The van der Waals surface area contributed by atoms with Crippen molar-refractivity contribution in [1.82, 2.24) is 14.5 Å². The van der Waals surface area contributed by atoms with Crippen molar-refractivity contribution in [3.8, 4) is 16.9 Å². The van der Waals surface area contributed by atoms with Gasteiger partial charge in [-0.1, -0.05) is 11.6 Å². The van der Waals surface area contributed by atoms with E-state index in [4.69, 9.17) is 20.8 Å². The van der Waals surface area contributed by atoms with Crippen LogP contribution in [0.5, 0.6) is 5.75 Å². The van der Waals surface area contributed by atoms with E-state index in [9.17, 15) is 19.1 Å². The minimum atomic E-state index is -1.35. The lowest BCUT2D eigenvalue weighted by Crippen LogP contribution is -2.14. The molecule has 0 saturated heterocycles. The van der Waals surface area contributed by atoms with Gasteiger partial charge in [0.15, 0.2) is 11.6 Å². The van der Waals surface area contributed by atoms with Crippen LogP contribution in [0.15, 0.2) is 64.1 Å². The summed E-state index contributed by atoms with van der Waals surface area (Å²) in [7, 11) is 1.33. The normalized spacial score (nSPS) is 11.6. The lowest BCUT2D eigenvalue weighted by atomic mass is 10.0. The SMILES string of the molecule is COc1cc2cc(Cn3c(C(=O)O)c(-c4ccc[nH]c4=O)c4c5occc5c(F)cc43)c(Cl)nc2cc1F. The number of nitrogens with one attached hydrogen (secondary N) is 1. The molecule has 8 nitrogen and oxygen atoms in total. The first-order valence-corrected chi connectivity index (χ1v) is 11.6. The van der Waals surface area contributed by atoms with Crippen molar-refractivity contribution >= 4 is 50.3 Å². The minimum Gasteiger partial charge on any atom is -0.494 e. The highest BCUT2D eigenvalue weighted by molar-refractivity contribution is 6.30. The van der Waals surface area contributed by atoms with E-state index in [0.29, 0.717) is 10.9 Å². The molecule has 190 valence electrons. The molecule has 6 aromatic rings. The standard InChI is InChI=1S/C27H16ClF2N3O5/c1-37-20-8-12-7-13(25(28)32-18(12)9-17(20)30)11-33-19-10-16(29)14-4-6-38-24(14)22(19)21(23(33)27(35)36)15-3-2-5-31-26(15)34/h2-10H,11H2,1H3,(H,31,34)(H,35,36). The first kappa shape index (κ1) is 23.7. The number of rotatable bonds is 5. The smallest absolute Gasteiger partial charge is 0.353 e. The van der Waals surface area contributed by atoms with Crippen LogP contribution in [0, 0.1) is 11.6 Å². The topological polar surface area (TPSA) is 110 Å². The van der Waals surface area contributed by atoms with Gasteiger partial charge in [-0.15, -0.1) is 0 Å². The van der Waals surface area contributed by atoms with Gasteiger partial charge in [0, 0.05) is 28.8 Å². The fourth-order valence-corrected chi connectivity index (χ4v) is 5.01. The zero-order chi connectivity index (χ0) is 26.7. The Morgan fingerprint density at radius 2 is 2.03 bits per heavy atom. The first-order chi connectivity index (χ1) is 18.3. The highest BCUT2D eigenvalue weighted by Crippen LogP contribution is 2.40. The van der Waals surface area contributed by atoms with Crippen LogP contribution < -0.4 is 10.3 Å². The first-order valence-electron chi connectivity index (χ1n) is 11.2. The van der Waals surface area contributed by atoms with Gasteiger partial charge < -0.3 is 23.8 Å². The number of aromatic amines is 1. The molecule has 4 heterocycles. The predicted molar refractivity (Wildman–Crippen MR) is 137 cm³/mol. The number of H-pyrrole nitrogens is 1. The number of aromatic nitrogens is 3. The molecular formula is C27H16ClF2N3O5. The van der Waals surface area contributed by atoms with Gasteiger partial charge in [0.05, 0.1) is 47.3 Å². The van der Waals surface area contributed by atoms with Crippen molar-refractivity contribution in [2.24, 2.45) is 0 Å². The van der Waals surface area contributed by atoms with Crippen LogP contribution in [0.2, 0.25) is 5.15 Å². The van der Waals surface area contributed by atoms with Crippen LogP contribution in [0.25, 0.3) is 43.9 Å². The number of nitrogens with zero attached hydrogens (tertiary/aromatic N) is 2. The number of ether oxygens (including phenoxy) is 1. The molecule has 11 heteroatoms. The third-order valence-electron chi connectivity index (χ3n) is 6.45. The van der Waals surface area contributed by atoms with E-state index in [2.05, 4.69) is 9.97 Å².